The Hall–Kier alpha value is -3.34. The van der Waals surface area contributed by atoms with Crippen LogP contribution in [-0.2, 0) is 12.8 Å². The van der Waals surface area contributed by atoms with Crippen LogP contribution in [0.4, 0.5) is 8.78 Å². The summed E-state index contributed by atoms with van der Waals surface area (Å²) < 4.78 is 26.7. The van der Waals surface area contributed by atoms with Crippen molar-refractivity contribution in [2.45, 2.75) is 12.8 Å². The van der Waals surface area contributed by atoms with Crippen LogP contribution < -0.4 is 0 Å². The highest BCUT2D eigenvalue weighted by Crippen LogP contribution is 2.21. The van der Waals surface area contributed by atoms with Gasteiger partial charge in [-0.3, -0.25) is 10.1 Å². The van der Waals surface area contributed by atoms with E-state index in [4.69, 9.17) is 0 Å². The monoisotopic (exact) mass is 361 g/mol. The fourth-order valence-electron chi connectivity index (χ4n) is 3.05. The fourth-order valence-corrected chi connectivity index (χ4v) is 3.05. The minimum Gasteiger partial charge on any atom is -0.277 e. The summed E-state index contributed by atoms with van der Waals surface area (Å²) in [5, 5.41) is 8.36. The first-order valence-electron chi connectivity index (χ1n) is 8.68. The Morgan fingerprint density at radius 3 is 2.44 bits per heavy atom. The molecule has 27 heavy (non-hydrogen) atoms. The second kappa shape index (κ2) is 7.50. The van der Waals surface area contributed by atoms with Crippen LogP contribution in [0.5, 0.6) is 0 Å². The number of halogens is 2. The average molecular weight is 361 g/mol. The molecular weight excluding hydrogens is 344 g/mol. The first-order valence-corrected chi connectivity index (χ1v) is 8.68. The maximum Gasteiger partial charge on any atom is 0.126 e. The summed E-state index contributed by atoms with van der Waals surface area (Å²) >= 11 is 0. The van der Waals surface area contributed by atoms with Crippen LogP contribution in [0, 0.1) is 11.6 Å². The van der Waals surface area contributed by atoms with Gasteiger partial charge >= 0.3 is 0 Å². The minimum absolute atomic E-state index is 0.544. The van der Waals surface area contributed by atoms with E-state index in [-0.39, 0.29) is 0 Å². The van der Waals surface area contributed by atoms with E-state index >= 15 is 0 Å². The highest BCUT2D eigenvalue weighted by molar-refractivity contribution is 5.89. The van der Waals surface area contributed by atoms with E-state index in [0.29, 0.717) is 18.4 Å². The molecule has 5 heteroatoms. The highest BCUT2D eigenvalue weighted by Gasteiger charge is 2.06. The van der Waals surface area contributed by atoms with Crippen molar-refractivity contribution >= 4 is 23.1 Å². The van der Waals surface area contributed by atoms with Gasteiger partial charge in [-0.2, -0.15) is 5.10 Å². The summed E-state index contributed by atoms with van der Waals surface area (Å²) in [5.41, 5.74) is 4.37. The molecule has 0 saturated carbocycles. The fraction of sp³-hybridized carbons (Fsp3) is 0.0909. The van der Waals surface area contributed by atoms with Gasteiger partial charge in [0.25, 0.3) is 0 Å². The second-order valence-corrected chi connectivity index (χ2v) is 6.35. The highest BCUT2D eigenvalue weighted by atomic mass is 19.1. The number of nitrogens with zero attached hydrogens (tertiary/aromatic N) is 2. The number of aromatic amines is 1. The van der Waals surface area contributed by atoms with Crippen molar-refractivity contribution < 1.29 is 8.78 Å². The van der Waals surface area contributed by atoms with E-state index < -0.39 is 11.6 Å². The standard InChI is InChI=1S/C22H17F2N3/c23-17-11-16(12-18(24)14-17)5-4-15-6-8-21-20(13-15)22(27-26-21)9-7-19-3-1-2-10-25-19/h1-3,6-14H,4-5H2,(H,26,27)/b9-7+. The molecule has 134 valence electrons. The zero-order valence-electron chi connectivity index (χ0n) is 14.5. The van der Waals surface area contributed by atoms with E-state index in [1.165, 1.54) is 12.1 Å². The number of hydrogen-bond acceptors (Lipinski definition) is 2. The SMILES string of the molecule is Fc1cc(F)cc(CCc2ccc3n[nH]c(/C=C/c4ccccn4)c3c2)c1. The lowest BCUT2D eigenvalue weighted by Crippen LogP contribution is -1.93. The second-order valence-electron chi connectivity index (χ2n) is 6.35. The molecule has 0 radical (unpaired) electrons. The van der Waals surface area contributed by atoms with Crippen molar-refractivity contribution in [3.63, 3.8) is 0 Å². The van der Waals surface area contributed by atoms with Crippen molar-refractivity contribution in [3.8, 4) is 0 Å². The molecule has 0 unspecified atom stereocenters. The molecule has 0 spiro atoms. The molecule has 0 fully saturated rings. The summed E-state index contributed by atoms with van der Waals surface area (Å²) in [6, 6.07) is 15.4. The van der Waals surface area contributed by atoms with Crippen LogP contribution in [0.25, 0.3) is 23.1 Å². The Morgan fingerprint density at radius 2 is 1.67 bits per heavy atom. The van der Waals surface area contributed by atoms with Crippen LogP contribution >= 0.6 is 0 Å². The summed E-state index contributed by atoms with van der Waals surface area (Å²) in [7, 11) is 0. The maximum atomic E-state index is 13.3. The van der Waals surface area contributed by atoms with E-state index in [0.717, 1.165) is 33.9 Å². The normalized spacial score (nSPS) is 11.5. The number of pyridine rings is 1. The van der Waals surface area contributed by atoms with Gasteiger partial charge in [0.15, 0.2) is 0 Å². The predicted octanol–water partition coefficient (Wildman–Crippen LogP) is 5.19. The Balaban J connectivity index is 1.55. The molecule has 0 aliphatic rings. The molecule has 3 nitrogen and oxygen atoms in total. The Kier molecular flexibility index (Phi) is 4.75. The van der Waals surface area contributed by atoms with Crippen molar-refractivity contribution in [2.75, 3.05) is 0 Å². The smallest absolute Gasteiger partial charge is 0.126 e. The Bertz CT molecular complexity index is 1080. The first-order chi connectivity index (χ1) is 13.2. The van der Waals surface area contributed by atoms with Crippen LogP contribution in [0.15, 0.2) is 60.8 Å². The molecule has 0 aliphatic carbocycles. The molecule has 0 atom stereocenters. The van der Waals surface area contributed by atoms with Gasteiger partial charge in [-0.05, 0) is 72.5 Å². The van der Waals surface area contributed by atoms with Crippen molar-refractivity contribution in [1.82, 2.24) is 15.2 Å². The van der Waals surface area contributed by atoms with Gasteiger partial charge in [-0.1, -0.05) is 12.1 Å². The molecule has 0 aliphatic heterocycles. The van der Waals surface area contributed by atoms with Gasteiger partial charge in [0, 0.05) is 17.6 Å². The number of aromatic nitrogens is 3. The lowest BCUT2D eigenvalue weighted by Gasteiger charge is -2.04. The van der Waals surface area contributed by atoms with Gasteiger partial charge in [-0.15, -0.1) is 0 Å². The summed E-state index contributed by atoms with van der Waals surface area (Å²) in [5.74, 6) is -1.09. The number of benzene rings is 2. The Morgan fingerprint density at radius 1 is 0.852 bits per heavy atom. The van der Waals surface area contributed by atoms with E-state index in [9.17, 15) is 8.78 Å². The molecule has 2 aromatic carbocycles. The molecule has 4 rings (SSSR count). The molecule has 4 aromatic rings. The van der Waals surface area contributed by atoms with Gasteiger partial charge in [-0.25, -0.2) is 8.78 Å². The largest absolute Gasteiger partial charge is 0.277 e. The van der Waals surface area contributed by atoms with E-state index in [1.807, 2.05) is 42.5 Å². The van der Waals surface area contributed by atoms with Crippen molar-refractivity contribution in [2.24, 2.45) is 0 Å². The van der Waals surface area contributed by atoms with E-state index in [1.54, 1.807) is 6.20 Å². The van der Waals surface area contributed by atoms with Crippen LogP contribution in [0.3, 0.4) is 0 Å². The number of hydrogen-bond donors (Lipinski definition) is 1. The van der Waals surface area contributed by atoms with Crippen molar-refractivity contribution in [3.05, 3.63) is 94.9 Å². The minimum atomic E-state index is -0.544. The third kappa shape index (κ3) is 4.08. The molecule has 1 N–H and O–H groups in total. The number of fused-ring (bicyclic) bond motifs is 1. The van der Waals surface area contributed by atoms with Gasteiger partial charge < -0.3 is 0 Å². The number of aryl methyl sites for hydroxylation is 2. The summed E-state index contributed by atoms with van der Waals surface area (Å²) in [6.07, 6.45) is 6.88. The van der Waals surface area contributed by atoms with Crippen molar-refractivity contribution in [1.29, 1.82) is 0 Å². The molecule has 0 saturated heterocycles. The molecular formula is C22H17F2N3. The molecule has 2 heterocycles. The van der Waals surface area contributed by atoms with E-state index in [2.05, 4.69) is 21.2 Å². The molecule has 0 bridgehead atoms. The van der Waals surface area contributed by atoms with Gasteiger partial charge in [0.05, 0.1) is 16.9 Å². The number of nitrogens with one attached hydrogen (secondary N) is 1. The lowest BCUT2D eigenvalue weighted by molar-refractivity contribution is 0.579. The lowest BCUT2D eigenvalue weighted by atomic mass is 10.0. The van der Waals surface area contributed by atoms with Gasteiger partial charge in [0.1, 0.15) is 11.6 Å². The number of rotatable bonds is 5. The van der Waals surface area contributed by atoms with Gasteiger partial charge in [0.2, 0.25) is 0 Å². The quantitative estimate of drug-likeness (QED) is 0.531. The zero-order valence-corrected chi connectivity index (χ0v) is 14.5. The third-order valence-corrected chi connectivity index (χ3v) is 4.38. The first kappa shape index (κ1) is 17.1. The third-order valence-electron chi connectivity index (χ3n) is 4.38. The van der Waals surface area contributed by atoms with Crippen LogP contribution in [0.1, 0.15) is 22.5 Å². The maximum absolute atomic E-state index is 13.3. The summed E-state index contributed by atoms with van der Waals surface area (Å²) in [6.45, 7) is 0. The predicted molar refractivity (Wildman–Crippen MR) is 103 cm³/mol. The topological polar surface area (TPSA) is 41.6 Å². The Labute approximate surface area is 155 Å². The van der Waals surface area contributed by atoms with Crippen LogP contribution in [-0.4, -0.2) is 15.2 Å². The van der Waals surface area contributed by atoms with Crippen LogP contribution in [0.2, 0.25) is 0 Å². The number of H-pyrrole nitrogens is 1. The molecule has 2 aromatic heterocycles. The molecule has 0 amide bonds. The summed E-state index contributed by atoms with van der Waals surface area (Å²) in [4.78, 5) is 4.27. The zero-order chi connectivity index (χ0) is 18.6. The average Bonchev–Trinajstić information content (AvgIpc) is 3.07.